The number of esters is 1. The Kier molecular flexibility index (Phi) is 4.09. The van der Waals surface area contributed by atoms with Gasteiger partial charge in [-0.2, -0.15) is 0 Å². The number of ether oxygens (including phenoxy) is 1. The fraction of sp³-hybridized carbons (Fsp3) is 0.909. The number of hydrogen-bond acceptors (Lipinski definition) is 3. The van der Waals surface area contributed by atoms with Crippen molar-refractivity contribution < 1.29 is 14.3 Å². The van der Waals surface area contributed by atoms with Gasteiger partial charge in [-0.15, -0.1) is 0 Å². The summed E-state index contributed by atoms with van der Waals surface area (Å²) < 4.78 is 5.55. The first-order valence-electron chi connectivity index (χ1n) is 10.5. The maximum Gasteiger partial charge on any atom is 0.302 e. The molecule has 0 N–H and O–H groups in total. The van der Waals surface area contributed by atoms with Crippen LogP contribution in [0.1, 0.15) is 79.1 Å². The lowest BCUT2D eigenvalue weighted by Crippen LogP contribution is -2.54. The smallest absolute Gasteiger partial charge is 0.302 e. The third-order valence-corrected chi connectivity index (χ3v) is 8.96. The van der Waals surface area contributed by atoms with Crippen molar-refractivity contribution in [1.29, 1.82) is 0 Å². The Bertz CT molecular complexity index is 584. The van der Waals surface area contributed by atoms with E-state index in [2.05, 4.69) is 20.8 Å². The Labute approximate surface area is 152 Å². The minimum absolute atomic E-state index is 0.0429. The number of carbonyl (C=O) groups excluding carboxylic acids is 2. The number of Topliss-reactive ketones (excluding diaryl/α,β-unsaturated/α-hetero) is 1. The monoisotopic (exact) mass is 346 g/mol. The van der Waals surface area contributed by atoms with Crippen LogP contribution < -0.4 is 0 Å². The topological polar surface area (TPSA) is 43.4 Å². The predicted molar refractivity (Wildman–Crippen MR) is 96.8 cm³/mol. The van der Waals surface area contributed by atoms with E-state index in [1.54, 1.807) is 0 Å². The molecule has 140 valence electrons. The van der Waals surface area contributed by atoms with Crippen LogP contribution in [0.4, 0.5) is 0 Å². The largest absolute Gasteiger partial charge is 0.463 e. The number of hydrogen-bond donors (Lipinski definition) is 0. The second-order valence-electron chi connectivity index (χ2n) is 10.1. The lowest BCUT2D eigenvalue weighted by molar-refractivity contribution is -0.160. The van der Waals surface area contributed by atoms with Crippen molar-refractivity contribution in [3.05, 3.63) is 0 Å². The van der Waals surface area contributed by atoms with Gasteiger partial charge in [0.2, 0.25) is 0 Å². The van der Waals surface area contributed by atoms with Crippen molar-refractivity contribution in [2.45, 2.75) is 85.2 Å². The molecule has 4 rings (SSSR count). The summed E-state index contributed by atoms with van der Waals surface area (Å²) in [6, 6.07) is 0. The van der Waals surface area contributed by atoms with Crippen molar-refractivity contribution in [2.75, 3.05) is 0 Å². The SMILES string of the molecule is CC(=O)O[C@H]1CC[C@@]2(C)[C@@H](CC[C@@H]3[C@@H]2CC[C@]2(C)C(=O)[C@@H](C)C[C@@H]32)C1. The summed E-state index contributed by atoms with van der Waals surface area (Å²) in [7, 11) is 0. The highest BCUT2D eigenvalue weighted by Crippen LogP contribution is 2.66. The van der Waals surface area contributed by atoms with Crippen LogP contribution in [0.2, 0.25) is 0 Å². The predicted octanol–water partition coefficient (Wildman–Crippen LogP) is 4.78. The van der Waals surface area contributed by atoms with Crippen LogP contribution in [0.3, 0.4) is 0 Å². The van der Waals surface area contributed by atoms with E-state index in [0.717, 1.165) is 37.5 Å². The lowest BCUT2D eigenvalue weighted by Gasteiger charge is -2.60. The van der Waals surface area contributed by atoms with Gasteiger partial charge in [-0.3, -0.25) is 9.59 Å². The van der Waals surface area contributed by atoms with Gasteiger partial charge in [0.15, 0.2) is 0 Å². The van der Waals surface area contributed by atoms with Gasteiger partial charge in [0.25, 0.3) is 0 Å². The second kappa shape index (κ2) is 5.82. The molecular formula is C22H34O3. The minimum Gasteiger partial charge on any atom is -0.463 e. The van der Waals surface area contributed by atoms with E-state index in [1.165, 1.54) is 32.6 Å². The molecule has 0 heterocycles. The second-order valence-corrected chi connectivity index (χ2v) is 10.1. The van der Waals surface area contributed by atoms with E-state index in [-0.39, 0.29) is 23.4 Å². The summed E-state index contributed by atoms with van der Waals surface area (Å²) in [5.41, 5.74) is 0.342. The van der Waals surface area contributed by atoms with Gasteiger partial charge >= 0.3 is 5.97 Å². The van der Waals surface area contributed by atoms with Crippen LogP contribution in [0, 0.1) is 40.4 Å². The van der Waals surface area contributed by atoms with Crippen LogP contribution >= 0.6 is 0 Å². The number of fused-ring (bicyclic) bond motifs is 5. The minimum atomic E-state index is -0.130. The van der Waals surface area contributed by atoms with Crippen LogP contribution in [0.25, 0.3) is 0 Å². The molecular weight excluding hydrogens is 312 g/mol. The van der Waals surface area contributed by atoms with E-state index >= 15 is 0 Å². The Balaban J connectivity index is 1.55. The summed E-state index contributed by atoms with van der Waals surface area (Å²) in [5, 5.41) is 0. The first kappa shape index (κ1) is 17.5. The van der Waals surface area contributed by atoms with Crippen molar-refractivity contribution in [1.82, 2.24) is 0 Å². The Morgan fingerprint density at radius 2 is 1.80 bits per heavy atom. The lowest BCUT2D eigenvalue weighted by atomic mass is 9.45. The van der Waals surface area contributed by atoms with Crippen LogP contribution in [0.5, 0.6) is 0 Å². The molecule has 3 nitrogen and oxygen atoms in total. The van der Waals surface area contributed by atoms with Gasteiger partial charge in [-0.05, 0) is 80.5 Å². The van der Waals surface area contributed by atoms with Gasteiger partial charge in [-0.25, -0.2) is 0 Å². The maximum absolute atomic E-state index is 12.8. The highest BCUT2D eigenvalue weighted by Gasteiger charge is 2.61. The van der Waals surface area contributed by atoms with Crippen molar-refractivity contribution >= 4 is 11.8 Å². The highest BCUT2D eigenvalue weighted by atomic mass is 16.5. The van der Waals surface area contributed by atoms with Gasteiger partial charge in [-0.1, -0.05) is 20.8 Å². The average molecular weight is 347 g/mol. The summed E-state index contributed by atoms with van der Waals surface area (Å²) >= 11 is 0. The van der Waals surface area contributed by atoms with E-state index in [0.29, 0.717) is 23.0 Å². The summed E-state index contributed by atoms with van der Waals surface area (Å²) in [6.07, 6.45) is 9.36. The molecule has 0 saturated heterocycles. The summed E-state index contributed by atoms with van der Waals surface area (Å²) in [4.78, 5) is 24.1. The Morgan fingerprint density at radius 3 is 2.52 bits per heavy atom. The molecule has 0 aromatic rings. The molecule has 0 spiro atoms. The molecule has 4 saturated carbocycles. The Morgan fingerprint density at radius 1 is 1.04 bits per heavy atom. The molecule has 0 amide bonds. The molecule has 0 bridgehead atoms. The molecule has 0 radical (unpaired) electrons. The number of carbonyl (C=O) groups is 2. The summed E-state index contributed by atoms with van der Waals surface area (Å²) in [5.74, 6) is 3.47. The highest BCUT2D eigenvalue weighted by molar-refractivity contribution is 5.89. The van der Waals surface area contributed by atoms with Crippen molar-refractivity contribution in [3.8, 4) is 0 Å². The average Bonchev–Trinajstić information content (AvgIpc) is 2.78. The number of ketones is 1. The van der Waals surface area contributed by atoms with Crippen LogP contribution in [0.15, 0.2) is 0 Å². The third kappa shape index (κ3) is 2.51. The van der Waals surface area contributed by atoms with Gasteiger partial charge in [0, 0.05) is 18.3 Å². The first-order chi connectivity index (χ1) is 11.8. The van der Waals surface area contributed by atoms with E-state index in [4.69, 9.17) is 4.74 Å². The van der Waals surface area contributed by atoms with E-state index < -0.39 is 0 Å². The quantitative estimate of drug-likeness (QED) is 0.642. The molecule has 0 aliphatic heterocycles. The van der Waals surface area contributed by atoms with Crippen LogP contribution in [-0.2, 0) is 14.3 Å². The fourth-order valence-electron chi connectivity index (χ4n) is 7.67. The molecule has 8 atom stereocenters. The Hall–Kier alpha value is -0.860. The molecule has 25 heavy (non-hydrogen) atoms. The zero-order chi connectivity index (χ0) is 18.0. The van der Waals surface area contributed by atoms with Gasteiger partial charge in [0.05, 0.1) is 0 Å². The molecule has 0 aromatic heterocycles. The molecule has 4 aliphatic carbocycles. The van der Waals surface area contributed by atoms with Crippen molar-refractivity contribution in [3.63, 3.8) is 0 Å². The first-order valence-corrected chi connectivity index (χ1v) is 10.5. The molecule has 4 fully saturated rings. The summed E-state index contributed by atoms with van der Waals surface area (Å²) in [6.45, 7) is 8.47. The van der Waals surface area contributed by atoms with Gasteiger partial charge in [0.1, 0.15) is 11.9 Å². The maximum atomic E-state index is 12.8. The zero-order valence-electron chi connectivity index (χ0n) is 16.3. The molecule has 3 heteroatoms. The van der Waals surface area contributed by atoms with Crippen molar-refractivity contribution in [2.24, 2.45) is 40.4 Å². The fourth-order valence-corrected chi connectivity index (χ4v) is 7.67. The molecule has 0 aromatic carbocycles. The zero-order valence-corrected chi connectivity index (χ0v) is 16.3. The normalized spacial score (nSPS) is 52.1. The molecule has 0 unspecified atom stereocenters. The van der Waals surface area contributed by atoms with Gasteiger partial charge < -0.3 is 4.74 Å². The molecule has 4 aliphatic rings. The third-order valence-electron chi connectivity index (χ3n) is 8.96. The van der Waals surface area contributed by atoms with Crippen LogP contribution in [-0.4, -0.2) is 17.9 Å². The van der Waals surface area contributed by atoms with E-state index in [9.17, 15) is 9.59 Å². The standard InChI is InChI=1S/C22H34O3/c1-13-11-19-17-6-5-15-12-16(25-14(2)23)7-9-21(15,3)18(17)8-10-22(19,4)20(13)24/h13,15-19H,5-12H2,1-4H3/t13-,15-,16-,17+,18-,19-,21-,22-/m0/s1. The number of rotatable bonds is 1. The van der Waals surface area contributed by atoms with E-state index in [1.807, 2.05) is 0 Å².